The molecule has 7 heteroatoms. The van der Waals surface area contributed by atoms with Crippen molar-refractivity contribution in [1.82, 2.24) is 9.80 Å². The predicted octanol–water partition coefficient (Wildman–Crippen LogP) is 2.59. The zero-order chi connectivity index (χ0) is 19.0. The lowest BCUT2D eigenvalue weighted by atomic mass is 9.94. The fraction of sp³-hybridized carbons (Fsp3) is 0.600. The normalized spacial score (nSPS) is 25.8. The number of halogens is 1. The van der Waals surface area contributed by atoms with Crippen LogP contribution in [0, 0.1) is 5.92 Å². The summed E-state index contributed by atoms with van der Waals surface area (Å²) in [5.41, 5.74) is 0.0601. The highest BCUT2D eigenvalue weighted by Gasteiger charge is 2.48. The van der Waals surface area contributed by atoms with Gasteiger partial charge in [-0.05, 0) is 43.4 Å². The van der Waals surface area contributed by atoms with E-state index in [1.807, 2.05) is 4.90 Å². The monoisotopic (exact) mass is 392 g/mol. The molecule has 1 spiro atoms. The van der Waals surface area contributed by atoms with Gasteiger partial charge >= 0.3 is 0 Å². The van der Waals surface area contributed by atoms with Crippen molar-refractivity contribution in [2.24, 2.45) is 5.92 Å². The van der Waals surface area contributed by atoms with E-state index in [0.29, 0.717) is 55.0 Å². The molecule has 3 aliphatic rings. The van der Waals surface area contributed by atoms with E-state index >= 15 is 0 Å². The Balaban J connectivity index is 1.62. The minimum Gasteiger partial charge on any atom is -0.496 e. The van der Waals surface area contributed by atoms with Gasteiger partial charge < -0.3 is 19.3 Å². The Morgan fingerprint density at radius 1 is 1.41 bits per heavy atom. The SMILES string of the molecule is COc1cc(Cl)ccc1C(=O)N1CCC(=O)N(CC2CC2)C2(CCOC2)C1. The van der Waals surface area contributed by atoms with Crippen molar-refractivity contribution >= 4 is 23.4 Å². The van der Waals surface area contributed by atoms with Crippen LogP contribution < -0.4 is 4.74 Å². The fourth-order valence-corrected chi connectivity index (χ4v) is 4.29. The van der Waals surface area contributed by atoms with E-state index in [4.69, 9.17) is 21.1 Å². The van der Waals surface area contributed by atoms with Crippen LogP contribution >= 0.6 is 11.6 Å². The molecule has 6 nitrogen and oxygen atoms in total. The third-order valence-corrected chi connectivity index (χ3v) is 6.09. The van der Waals surface area contributed by atoms with Crippen molar-refractivity contribution in [2.75, 3.05) is 40.0 Å². The maximum Gasteiger partial charge on any atom is 0.257 e. The molecule has 4 rings (SSSR count). The molecule has 1 aromatic rings. The quantitative estimate of drug-likeness (QED) is 0.790. The van der Waals surface area contributed by atoms with E-state index in [1.54, 1.807) is 23.1 Å². The van der Waals surface area contributed by atoms with Gasteiger partial charge in [-0.25, -0.2) is 0 Å². The predicted molar refractivity (Wildman–Crippen MR) is 101 cm³/mol. The summed E-state index contributed by atoms with van der Waals surface area (Å²) >= 11 is 6.03. The Labute approximate surface area is 164 Å². The van der Waals surface area contributed by atoms with Crippen LogP contribution in [0.15, 0.2) is 18.2 Å². The van der Waals surface area contributed by atoms with Crippen molar-refractivity contribution in [3.05, 3.63) is 28.8 Å². The van der Waals surface area contributed by atoms with Crippen LogP contribution in [0.1, 0.15) is 36.0 Å². The molecular formula is C20H25ClN2O4. The number of nitrogens with zero attached hydrogens (tertiary/aromatic N) is 2. The molecule has 2 heterocycles. The minimum atomic E-state index is -0.411. The van der Waals surface area contributed by atoms with E-state index in [9.17, 15) is 9.59 Å². The maximum absolute atomic E-state index is 13.3. The maximum atomic E-state index is 13.3. The number of carbonyl (C=O) groups excluding carboxylic acids is 2. The number of methoxy groups -OCH3 is 1. The second-order valence-electron chi connectivity index (χ2n) is 7.80. The van der Waals surface area contributed by atoms with Crippen molar-refractivity contribution in [1.29, 1.82) is 0 Å². The fourth-order valence-electron chi connectivity index (χ4n) is 4.12. The molecule has 1 saturated carbocycles. The number of carbonyl (C=O) groups is 2. The molecule has 3 fully saturated rings. The largest absolute Gasteiger partial charge is 0.496 e. The minimum absolute atomic E-state index is 0.129. The number of rotatable bonds is 4. The van der Waals surface area contributed by atoms with Gasteiger partial charge in [0.15, 0.2) is 0 Å². The molecule has 1 unspecified atom stereocenters. The molecule has 0 N–H and O–H groups in total. The van der Waals surface area contributed by atoms with Gasteiger partial charge in [0.05, 0.1) is 24.8 Å². The van der Waals surface area contributed by atoms with Crippen LogP contribution in [-0.4, -0.2) is 67.1 Å². The van der Waals surface area contributed by atoms with Gasteiger partial charge in [-0.2, -0.15) is 0 Å². The Kier molecular flexibility index (Phi) is 5.03. The highest BCUT2D eigenvalue weighted by Crippen LogP contribution is 2.37. The second kappa shape index (κ2) is 7.32. The molecule has 0 aromatic heterocycles. The first kappa shape index (κ1) is 18.6. The van der Waals surface area contributed by atoms with Gasteiger partial charge in [-0.15, -0.1) is 0 Å². The average Bonchev–Trinajstić information content (AvgIpc) is 3.40. The number of amides is 2. The molecule has 2 amide bonds. The smallest absolute Gasteiger partial charge is 0.257 e. The summed E-state index contributed by atoms with van der Waals surface area (Å²) in [6.45, 7) is 2.81. The third-order valence-electron chi connectivity index (χ3n) is 5.86. The standard InChI is InChI=1S/C20H25ClN2O4/c1-26-17-10-15(21)4-5-16(17)19(25)22-8-6-18(24)23(11-14-2-3-14)20(12-22)7-9-27-13-20/h4-5,10,14H,2-3,6-9,11-13H2,1H3. The topological polar surface area (TPSA) is 59.1 Å². The van der Waals surface area contributed by atoms with E-state index in [2.05, 4.69) is 0 Å². The van der Waals surface area contributed by atoms with Crippen LogP contribution in [0.5, 0.6) is 5.75 Å². The Hall–Kier alpha value is -1.79. The number of benzene rings is 1. The number of hydrogen-bond donors (Lipinski definition) is 0. The molecule has 2 aliphatic heterocycles. The summed E-state index contributed by atoms with van der Waals surface area (Å²) < 4.78 is 11.0. The molecular weight excluding hydrogens is 368 g/mol. The van der Waals surface area contributed by atoms with Gasteiger partial charge in [-0.1, -0.05) is 11.6 Å². The molecule has 2 saturated heterocycles. The molecule has 0 bridgehead atoms. The zero-order valence-corrected chi connectivity index (χ0v) is 16.3. The summed E-state index contributed by atoms with van der Waals surface area (Å²) in [5.74, 6) is 1.06. The summed E-state index contributed by atoms with van der Waals surface area (Å²) in [7, 11) is 1.53. The second-order valence-corrected chi connectivity index (χ2v) is 8.23. The first-order valence-electron chi connectivity index (χ1n) is 9.53. The van der Waals surface area contributed by atoms with E-state index in [0.717, 1.165) is 13.0 Å². The molecule has 27 heavy (non-hydrogen) atoms. The van der Waals surface area contributed by atoms with E-state index < -0.39 is 5.54 Å². The average molecular weight is 393 g/mol. The summed E-state index contributed by atoms with van der Waals surface area (Å²) in [5, 5.41) is 0.519. The highest BCUT2D eigenvalue weighted by atomic mass is 35.5. The summed E-state index contributed by atoms with van der Waals surface area (Å²) in [4.78, 5) is 30.0. The number of ether oxygens (including phenoxy) is 2. The van der Waals surface area contributed by atoms with Gasteiger partial charge in [0.1, 0.15) is 5.75 Å². The van der Waals surface area contributed by atoms with Crippen molar-refractivity contribution in [3.8, 4) is 5.75 Å². The zero-order valence-electron chi connectivity index (χ0n) is 15.6. The summed E-state index contributed by atoms with van der Waals surface area (Å²) in [6, 6.07) is 5.02. The lowest BCUT2D eigenvalue weighted by molar-refractivity contribution is -0.136. The van der Waals surface area contributed by atoms with Gasteiger partial charge in [-0.3, -0.25) is 9.59 Å². The Morgan fingerprint density at radius 3 is 2.89 bits per heavy atom. The Bertz CT molecular complexity index is 743. The highest BCUT2D eigenvalue weighted by molar-refractivity contribution is 6.30. The Morgan fingerprint density at radius 2 is 2.22 bits per heavy atom. The van der Waals surface area contributed by atoms with Gasteiger partial charge in [0, 0.05) is 37.7 Å². The van der Waals surface area contributed by atoms with Crippen LogP contribution in [0.25, 0.3) is 0 Å². The molecule has 146 valence electrons. The van der Waals surface area contributed by atoms with Crippen LogP contribution in [-0.2, 0) is 9.53 Å². The van der Waals surface area contributed by atoms with E-state index in [1.165, 1.54) is 20.0 Å². The molecule has 1 aromatic carbocycles. The molecule has 1 aliphatic carbocycles. The van der Waals surface area contributed by atoms with Crippen LogP contribution in [0.4, 0.5) is 0 Å². The third kappa shape index (κ3) is 3.65. The lowest BCUT2D eigenvalue weighted by Crippen LogP contribution is -2.57. The molecule has 0 radical (unpaired) electrons. The van der Waals surface area contributed by atoms with Gasteiger partial charge in [0.25, 0.3) is 5.91 Å². The van der Waals surface area contributed by atoms with Gasteiger partial charge in [0.2, 0.25) is 5.91 Å². The van der Waals surface area contributed by atoms with Crippen molar-refractivity contribution < 1.29 is 19.1 Å². The van der Waals surface area contributed by atoms with Crippen molar-refractivity contribution in [3.63, 3.8) is 0 Å². The van der Waals surface area contributed by atoms with Crippen LogP contribution in [0.3, 0.4) is 0 Å². The molecule has 1 atom stereocenters. The van der Waals surface area contributed by atoms with Crippen molar-refractivity contribution in [2.45, 2.75) is 31.2 Å². The first-order chi connectivity index (χ1) is 13.0. The first-order valence-corrected chi connectivity index (χ1v) is 9.91. The summed E-state index contributed by atoms with van der Waals surface area (Å²) in [6.07, 6.45) is 3.49. The van der Waals surface area contributed by atoms with Crippen LogP contribution in [0.2, 0.25) is 5.02 Å². The van der Waals surface area contributed by atoms with E-state index in [-0.39, 0.29) is 11.8 Å². The lowest BCUT2D eigenvalue weighted by Gasteiger charge is -2.40. The number of hydrogen-bond acceptors (Lipinski definition) is 4.